The predicted octanol–water partition coefficient (Wildman–Crippen LogP) is 1.85. The van der Waals surface area contributed by atoms with E-state index in [1.807, 2.05) is 18.7 Å². The molecule has 21 heavy (non-hydrogen) atoms. The lowest BCUT2D eigenvalue weighted by atomic mass is 10.0. The highest BCUT2D eigenvalue weighted by atomic mass is 16.5. The fraction of sp³-hybridized carbons (Fsp3) is 0.875. The van der Waals surface area contributed by atoms with E-state index >= 15 is 0 Å². The molecule has 0 spiro atoms. The zero-order chi connectivity index (χ0) is 15.2. The molecule has 120 valence electrons. The second kappa shape index (κ2) is 7.78. The van der Waals surface area contributed by atoms with Gasteiger partial charge in [0.25, 0.3) is 0 Å². The molecule has 1 N–H and O–H groups in total. The summed E-state index contributed by atoms with van der Waals surface area (Å²) in [6, 6.07) is -0.622. The van der Waals surface area contributed by atoms with Gasteiger partial charge in [-0.25, -0.2) is 0 Å². The van der Waals surface area contributed by atoms with Crippen molar-refractivity contribution in [2.75, 3.05) is 13.2 Å². The van der Waals surface area contributed by atoms with E-state index in [1.165, 1.54) is 0 Å². The van der Waals surface area contributed by atoms with E-state index in [0.29, 0.717) is 19.1 Å². The fourth-order valence-electron chi connectivity index (χ4n) is 3.29. The van der Waals surface area contributed by atoms with Gasteiger partial charge in [-0.15, -0.1) is 0 Å². The van der Waals surface area contributed by atoms with Crippen LogP contribution in [0.25, 0.3) is 0 Å². The van der Waals surface area contributed by atoms with Gasteiger partial charge in [-0.05, 0) is 38.5 Å². The lowest BCUT2D eigenvalue weighted by Crippen LogP contribution is -2.63. The van der Waals surface area contributed by atoms with Crippen molar-refractivity contribution in [3.05, 3.63) is 0 Å². The third-order valence-corrected chi connectivity index (χ3v) is 4.50. The second-order valence-electron chi connectivity index (χ2n) is 6.08. The number of amides is 2. The Morgan fingerprint density at radius 1 is 1.29 bits per heavy atom. The van der Waals surface area contributed by atoms with Gasteiger partial charge in [0.1, 0.15) is 12.1 Å². The highest BCUT2D eigenvalue weighted by Crippen LogP contribution is 2.20. The second-order valence-corrected chi connectivity index (χ2v) is 6.08. The monoisotopic (exact) mass is 296 g/mol. The molecular formula is C16H28N2O3. The first kappa shape index (κ1) is 16.3. The fourth-order valence-corrected chi connectivity index (χ4v) is 3.29. The Morgan fingerprint density at radius 3 is 2.71 bits per heavy atom. The van der Waals surface area contributed by atoms with Crippen molar-refractivity contribution < 1.29 is 14.3 Å². The topological polar surface area (TPSA) is 58.6 Å². The summed E-state index contributed by atoms with van der Waals surface area (Å²) in [5.74, 6) is 0.100. The summed E-state index contributed by atoms with van der Waals surface area (Å²) in [5.41, 5.74) is 0. The zero-order valence-corrected chi connectivity index (χ0v) is 13.3. The van der Waals surface area contributed by atoms with E-state index < -0.39 is 0 Å². The Labute approximate surface area is 127 Å². The lowest BCUT2D eigenvalue weighted by Gasteiger charge is -2.39. The molecule has 0 bridgehead atoms. The summed E-state index contributed by atoms with van der Waals surface area (Å²) < 4.78 is 5.62. The summed E-state index contributed by atoms with van der Waals surface area (Å²) in [7, 11) is 0. The number of nitrogens with zero attached hydrogens (tertiary/aromatic N) is 1. The molecule has 0 aliphatic carbocycles. The molecule has 0 radical (unpaired) electrons. The molecule has 0 saturated carbocycles. The standard InChI is InChI=1S/C16H28N2O3/c1-3-7-14-15(19)17-13(4-2)16(20)18(14)10-5-8-12-9-6-11-21-12/h12-14H,3-11H2,1-2H3,(H,17,19). The van der Waals surface area contributed by atoms with E-state index in [-0.39, 0.29) is 23.9 Å². The molecule has 2 aliphatic heterocycles. The van der Waals surface area contributed by atoms with Gasteiger partial charge in [0.05, 0.1) is 6.10 Å². The number of carbonyl (C=O) groups is 2. The molecule has 0 aromatic heterocycles. The van der Waals surface area contributed by atoms with E-state index in [4.69, 9.17) is 4.74 Å². The van der Waals surface area contributed by atoms with Crippen molar-refractivity contribution in [1.29, 1.82) is 0 Å². The molecule has 0 aromatic carbocycles. The van der Waals surface area contributed by atoms with Crippen LogP contribution in [0.5, 0.6) is 0 Å². The Bertz CT molecular complexity index is 367. The molecule has 2 heterocycles. The third-order valence-electron chi connectivity index (χ3n) is 4.50. The number of hydrogen-bond donors (Lipinski definition) is 1. The maximum atomic E-state index is 12.5. The molecule has 0 aromatic rings. The average molecular weight is 296 g/mol. The minimum Gasteiger partial charge on any atom is -0.378 e. The van der Waals surface area contributed by atoms with Gasteiger partial charge in [0, 0.05) is 13.2 Å². The Morgan fingerprint density at radius 2 is 2.10 bits per heavy atom. The maximum absolute atomic E-state index is 12.5. The van der Waals surface area contributed by atoms with Crippen molar-refractivity contribution in [3.63, 3.8) is 0 Å². The third kappa shape index (κ3) is 3.96. The first-order valence-electron chi connectivity index (χ1n) is 8.39. The van der Waals surface area contributed by atoms with Crippen LogP contribution in [0, 0.1) is 0 Å². The van der Waals surface area contributed by atoms with Gasteiger partial charge in [-0.1, -0.05) is 20.3 Å². The minimum atomic E-state index is -0.340. The number of carbonyl (C=O) groups excluding carboxylic acids is 2. The summed E-state index contributed by atoms with van der Waals surface area (Å²) in [5, 5.41) is 2.86. The van der Waals surface area contributed by atoms with Crippen molar-refractivity contribution in [3.8, 4) is 0 Å². The predicted molar refractivity (Wildman–Crippen MR) is 80.8 cm³/mol. The SMILES string of the molecule is CCCC1C(=O)NC(CC)C(=O)N1CCCC1CCCO1. The van der Waals surface area contributed by atoms with Crippen LogP contribution in [0.15, 0.2) is 0 Å². The van der Waals surface area contributed by atoms with E-state index in [9.17, 15) is 9.59 Å². The summed E-state index contributed by atoms with van der Waals surface area (Å²) in [6.07, 6.45) is 6.84. The maximum Gasteiger partial charge on any atom is 0.245 e. The van der Waals surface area contributed by atoms with Crippen molar-refractivity contribution in [1.82, 2.24) is 10.2 Å². The van der Waals surface area contributed by atoms with Crippen LogP contribution in [0.3, 0.4) is 0 Å². The van der Waals surface area contributed by atoms with Gasteiger partial charge >= 0.3 is 0 Å². The van der Waals surface area contributed by atoms with Crippen molar-refractivity contribution in [2.24, 2.45) is 0 Å². The Kier molecular flexibility index (Phi) is 6.03. The normalized spacial score (nSPS) is 29.8. The Hall–Kier alpha value is -1.10. The van der Waals surface area contributed by atoms with Crippen LogP contribution in [0.1, 0.15) is 58.8 Å². The van der Waals surface area contributed by atoms with Crippen LogP contribution >= 0.6 is 0 Å². The minimum absolute atomic E-state index is 0.0143. The molecule has 3 atom stereocenters. The molecule has 5 heteroatoms. The zero-order valence-electron chi connectivity index (χ0n) is 13.3. The first-order valence-corrected chi connectivity index (χ1v) is 8.39. The highest BCUT2D eigenvalue weighted by molar-refractivity contribution is 5.96. The van der Waals surface area contributed by atoms with Crippen molar-refractivity contribution in [2.45, 2.75) is 77.0 Å². The summed E-state index contributed by atoms with van der Waals surface area (Å²) >= 11 is 0. The van der Waals surface area contributed by atoms with Gasteiger partial charge in [-0.3, -0.25) is 9.59 Å². The highest BCUT2D eigenvalue weighted by Gasteiger charge is 2.38. The number of nitrogens with one attached hydrogen (secondary N) is 1. The molecule has 2 fully saturated rings. The molecule has 2 saturated heterocycles. The van der Waals surface area contributed by atoms with Gasteiger partial charge in [0.2, 0.25) is 11.8 Å². The van der Waals surface area contributed by atoms with Crippen LogP contribution in [0.2, 0.25) is 0 Å². The number of hydrogen-bond acceptors (Lipinski definition) is 3. The molecule has 2 rings (SSSR count). The van der Waals surface area contributed by atoms with E-state index in [0.717, 1.165) is 45.1 Å². The molecular weight excluding hydrogens is 268 g/mol. The van der Waals surface area contributed by atoms with Crippen LogP contribution < -0.4 is 5.32 Å². The molecule has 3 unspecified atom stereocenters. The molecule has 2 amide bonds. The lowest BCUT2D eigenvalue weighted by molar-refractivity contribution is -0.149. The van der Waals surface area contributed by atoms with E-state index in [2.05, 4.69) is 5.32 Å². The van der Waals surface area contributed by atoms with Gasteiger partial charge < -0.3 is 15.0 Å². The summed E-state index contributed by atoms with van der Waals surface area (Å²) in [4.78, 5) is 26.5. The van der Waals surface area contributed by atoms with Gasteiger partial charge in [0.15, 0.2) is 0 Å². The molecule has 5 nitrogen and oxygen atoms in total. The van der Waals surface area contributed by atoms with Crippen LogP contribution in [0.4, 0.5) is 0 Å². The van der Waals surface area contributed by atoms with Crippen LogP contribution in [-0.4, -0.2) is 48.1 Å². The first-order chi connectivity index (χ1) is 10.2. The Balaban J connectivity index is 1.92. The van der Waals surface area contributed by atoms with Crippen molar-refractivity contribution >= 4 is 11.8 Å². The summed E-state index contributed by atoms with van der Waals surface area (Å²) in [6.45, 7) is 5.53. The molecule has 2 aliphatic rings. The smallest absolute Gasteiger partial charge is 0.245 e. The average Bonchev–Trinajstić information content (AvgIpc) is 2.98. The number of rotatable bonds is 7. The van der Waals surface area contributed by atoms with E-state index in [1.54, 1.807) is 0 Å². The quantitative estimate of drug-likeness (QED) is 0.780. The number of ether oxygens (including phenoxy) is 1. The van der Waals surface area contributed by atoms with Crippen LogP contribution in [-0.2, 0) is 14.3 Å². The number of piperazine rings is 1. The van der Waals surface area contributed by atoms with Gasteiger partial charge in [-0.2, -0.15) is 0 Å². The largest absolute Gasteiger partial charge is 0.378 e.